The molecule has 1 aromatic rings. The number of carbonyl (C=O) groups excluding carboxylic acids is 2. The highest BCUT2D eigenvalue weighted by molar-refractivity contribution is 5.94. The lowest BCUT2D eigenvalue weighted by atomic mass is 10.1. The summed E-state index contributed by atoms with van der Waals surface area (Å²) in [6, 6.07) is 7.57. The minimum Gasteiger partial charge on any atom is -0.469 e. The molecular formula is C18H28N2O3. The molecule has 0 atom stereocenters. The van der Waals surface area contributed by atoms with Crippen LogP contribution in [-0.4, -0.2) is 39.6 Å². The molecule has 0 aliphatic heterocycles. The zero-order chi connectivity index (χ0) is 17.1. The number of nitrogens with one attached hydrogen (secondary N) is 1. The van der Waals surface area contributed by atoms with Crippen LogP contribution < -0.4 is 10.2 Å². The normalized spacial score (nSPS) is 10.2. The number of anilines is 1. The second-order valence-electron chi connectivity index (χ2n) is 5.79. The van der Waals surface area contributed by atoms with Crippen molar-refractivity contribution in [1.29, 1.82) is 0 Å². The number of rotatable bonds is 10. The first-order valence-electron chi connectivity index (χ1n) is 8.17. The lowest BCUT2D eigenvalue weighted by molar-refractivity contribution is -0.140. The molecule has 1 amide bonds. The SMILES string of the molecule is COC(=O)CCCCCCCNC(=O)c1ccc(N(C)C)cc1. The molecule has 0 aliphatic rings. The summed E-state index contributed by atoms with van der Waals surface area (Å²) in [6.07, 6.45) is 5.48. The lowest BCUT2D eigenvalue weighted by Gasteiger charge is -2.12. The van der Waals surface area contributed by atoms with Crippen LogP contribution in [0.25, 0.3) is 0 Å². The lowest BCUT2D eigenvalue weighted by Crippen LogP contribution is -2.24. The summed E-state index contributed by atoms with van der Waals surface area (Å²) < 4.78 is 4.60. The largest absolute Gasteiger partial charge is 0.469 e. The van der Waals surface area contributed by atoms with Crippen LogP contribution >= 0.6 is 0 Å². The zero-order valence-electron chi connectivity index (χ0n) is 14.4. The van der Waals surface area contributed by atoms with E-state index in [1.54, 1.807) is 0 Å². The van der Waals surface area contributed by atoms with Gasteiger partial charge in [-0.2, -0.15) is 0 Å². The molecule has 0 aromatic heterocycles. The van der Waals surface area contributed by atoms with Crippen molar-refractivity contribution in [2.24, 2.45) is 0 Å². The number of ether oxygens (including phenoxy) is 1. The molecule has 128 valence electrons. The van der Waals surface area contributed by atoms with Gasteiger partial charge in [-0.05, 0) is 37.1 Å². The van der Waals surface area contributed by atoms with Gasteiger partial charge in [-0.3, -0.25) is 9.59 Å². The minimum absolute atomic E-state index is 0.0269. The minimum atomic E-state index is -0.141. The second-order valence-corrected chi connectivity index (χ2v) is 5.79. The molecule has 1 N–H and O–H groups in total. The molecular weight excluding hydrogens is 292 g/mol. The molecule has 0 saturated carbocycles. The number of esters is 1. The van der Waals surface area contributed by atoms with Crippen molar-refractivity contribution in [3.63, 3.8) is 0 Å². The van der Waals surface area contributed by atoms with E-state index in [4.69, 9.17) is 0 Å². The number of unbranched alkanes of at least 4 members (excludes halogenated alkanes) is 4. The third-order valence-corrected chi connectivity index (χ3v) is 3.72. The molecule has 0 unspecified atom stereocenters. The van der Waals surface area contributed by atoms with E-state index in [-0.39, 0.29) is 11.9 Å². The van der Waals surface area contributed by atoms with E-state index in [0.29, 0.717) is 18.5 Å². The van der Waals surface area contributed by atoms with Crippen LogP contribution in [0.3, 0.4) is 0 Å². The number of methoxy groups -OCH3 is 1. The Kier molecular flexibility index (Phi) is 8.80. The third-order valence-electron chi connectivity index (χ3n) is 3.72. The van der Waals surface area contributed by atoms with E-state index < -0.39 is 0 Å². The molecule has 1 rings (SSSR count). The maximum Gasteiger partial charge on any atom is 0.305 e. The van der Waals surface area contributed by atoms with E-state index in [0.717, 1.165) is 37.8 Å². The van der Waals surface area contributed by atoms with Crippen molar-refractivity contribution >= 4 is 17.6 Å². The van der Waals surface area contributed by atoms with E-state index in [1.807, 2.05) is 43.3 Å². The van der Waals surface area contributed by atoms with Gasteiger partial charge in [0.25, 0.3) is 5.91 Å². The third kappa shape index (κ3) is 7.68. The summed E-state index contributed by atoms with van der Waals surface area (Å²) in [7, 11) is 5.36. The molecule has 0 aliphatic carbocycles. The molecule has 5 heteroatoms. The standard InChI is InChI=1S/C18H28N2O3/c1-20(2)16-12-10-15(11-13-16)18(22)19-14-8-6-4-5-7-9-17(21)23-3/h10-13H,4-9,14H2,1-3H3,(H,19,22). The summed E-state index contributed by atoms with van der Waals surface area (Å²) in [5.74, 6) is -0.168. The quantitative estimate of drug-likeness (QED) is 0.532. The van der Waals surface area contributed by atoms with Crippen LogP contribution in [0.5, 0.6) is 0 Å². The molecule has 1 aromatic carbocycles. The van der Waals surface area contributed by atoms with Crippen LogP contribution in [0.15, 0.2) is 24.3 Å². The Balaban J connectivity index is 2.11. The summed E-state index contributed by atoms with van der Waals surface area (Å²) in [5.41, 5.74) is 1.77. The number of amides is 1. The highest BCUT2D eigenvalue weighted by Crippen LogP contribution is 2.12. The summed E-state index contributed by atoms with van der Waals surface area (Å²) in [6.45, 7) is 0.686. The van der Waals surface area contributed by atoms with Crippen molar-refractivity contribution in [2.45, 2.75) is 38.5 Å². The van der Waals surface area contributed by atoms with Crippen LogP contribution in [0, 0.1) is 0 Å². The average molecular weight is 320 g/mol. The molecule has 0 fully saturated rings. The van der Waals surface area contributed by atoms with Gasteiger partial charge in [-0.1, -0.05) is 19.3 Å². The Labute approximate surface area is 139 Å². The highest BCUT2D eigenvalue weighted by Gasteiger charge is 2.05. The predicted octanol–water partition coefficient (Wildman–Crippen LogP) is 3.00. The number of carbonyl (C=O) groups is 2. The van der Waals surface area contributed by atoms with Gasteiger partial charge in [-0.25, -0.2) is 0 Å². The van der Waals surface area contributed by atoms with Gasteiger partial charge >= 0.3 is 5.97 Å². The van der Waals surface area contributed by atoms with Crippen LogP contribution in [-0.2, 0) is 9.53 Å². The van der Waals surface area contributed by atoms with Crippen molar-refractivity contribution < 1.29 is 14.3 Å². The average Bonchev–Trinajstić information content (AvgIpc) is 2.56. The number of benzene rings is 1. The molecule has 0 spiro atoms. The van der Waals surface area contributed by atoms with Crippen LogP contribution in [0.1, 0.15) is 48.9 Å². The monoisotopic (exact) mass is 320 g/mol. The Hall–Kier alpha value is -2.04. The maximum atomic E-state index is 12.0. The van der Waals surface area contributed by atoms with Gasteiger partial charge in [0.1, 0.15) is 0 Å². The topological polar surface area (TPSA) is 58.6 Å². The van der Waals surface area contributed by atoms with Gasteiger partial charge in [0.05, 0.1) is 7.11 Å². The molecule has 23 heavy (non-hydrogen) atoms. The summed E-state index contributed by atoms with van der Waals surface area (Å²) in [4.78, 5) is 24.9. The fourth-order valence-electron chi connectivity index (χ4n) is 2.24. The van der Waals surface area contributed by atoms with E-state index in [1.165, 1.54) is 7.11 Å². The van der Waals surface area contributed by atoms with Gasteiger partial charge < -0.3 is 15.0 Å². The maximum absolute atomic E-state index is 12.0. The first-order valence-corrected chi connectivity index (χ1v) is 8.17. The van der Waals surface area contributed by atoms with Crippen LogP contribution in [0.4, 0.5) is 5.69 Å². The highest BCUT2D eigenvalue weighted by atomic mass is 16.5. The number of hydrogen-bond donors (Lipinski definition) is 1. The van der Waals surface area contributed by atoms with Gasteiger partial charge in [0.15, 0.2) is 0 Å². The Morgan fingerprint density at radius 3 is 2.22 bits per heavy atom. The van der Waals surface area contributed by atoms with Gasteiger partial charge in [0.2, 0.25) is 0 Å². The van der Waals surface area contributed by atoms with Crippen molar-refractivity contribution in [3.05, 3.63) is 29.8 Å². The Morgan fingerprint density at radius 2 is 1.61 bits per heavy atom. The fourth-order valence-corrected chi connectivity index (χ4v) is 2.24. The number of nitrogens with zero attached hydrogens (tertiary/aromatic N) is 1. The number of hydrogen-bond acceptors (Lipinski definition) is 4. The zero-order valence-corrected chi connectivity index (χ0v) is 14.4. The first kappa shape index (κ1) is 19.0. The Morgan fingerprint density at radius 1 is 1.00 bits per heavy atom. The van der Waals surface area contributed by atoms with Gasteiger partial charge in [-0.15, -0.1) is 0 Å². The summed E-state index contributed by atoms with van der Waals surface area (Å²) in [5, 5.41) is 2.94. The molecule has 5 nitrogen and oxygen atoms in total. The predicted molar refractivity (Wildman–Crippen MR) is 92.8 cm³/mol. The van der Waals surface area contributed by atoms with Crippen LogP contribution in [0.2, 0.25) is 0 Å². The molecule has 0 bridgehead atoms. The van der Waals surface area contributed by atoms with E-state index >= 15 is 0 Å². The van der Waals surface area contributed by atoms with E-state index in [2.05, 4.69) is 10.1 Å². The van der Waals surface area contributed by atoms with Gasteiger partial charge in [0, 0.05) is 38.3 Å². The molecule has 0 heterocycles. The Bertz CT molecular complexity index is 484. The van der Waals surface area contributed by atoms with E-state index in [9.17, 15) is 9.59 Å². The molecule has 0 radical (unpaired) electrons. The van der Waals surface area contributed by atoms with Crippen molar-refractivity contribution in [3.8, 4) is 0 Å². The fraction of sp³-hybridized carbons (Fsp3) is 0.556. The van der Waals surface area contributed by atoms with Crippen molar-refractivity contribution in [1.82, 2.24) is 5.32 Å². The first-order chi connectivity index (χ1) is 11.0. The second kappa shape index (κ2) is 10.6. The summed E-state index contributed by atoms with van der Waals surface area (Å²) >= 11 is 0. The molecule has 0 saturated heterocycles. The smallest absolute Gasteiger partial charge is 0.305 e. The van der Waals surface area contributed by atoms with Crippen molar-refractivity contribution in [2.75, 3.05) is 32.6 Å².